The topological polar surface area (TPSA) is 17.1 Å². The minimum Gasteiger partial charge on any atom is -0.295 e. The van der Waals surface area contributed by atoms with Crippen molar-refractivity contribution in [1.29, 1.82) is 0 Å². The van der Waals surface area contributed by atoms with E-state index in [9.17, 15) is 4.79 Å². The van der Waals surface area contributed by atoms with Crippen LogP contribution < -0.4 is 0 Å². The van der Waals surface area contributed by atoms with Crippen molar-refractivity contribution in [3.63, 3.8) is 0 Å². The maximum absolute atomic E-state index is 11.8. The summed E-state index contributed by atoms with van der Waals surface area (Å²) >= 11 is 0. The molecule has 4 aliphatic carbocycles. The lowest BCUT2D eigenvalue weighted by atomic mass is 9.47. The van der Waals surface area contributed by atoms with Crippen molar-refractivity contribution in [3.8, 4) is 0 Å². The molecule has 116 valence electrons. The first-order valence-electron chi connectivity index (χ1n) is 9.19. The van der Waals surface area contributed by atoms with Crippen molar-refractivity contribution in [2.75, 3.05) is 0 Å². The summed E-state index contributed by atoms with van der Waals surface area (Å²) in [6, 6.07) is 0. The first kappa shape index (κ1) is 14.0. The number of ketones is 1. The molecule has 6 atom stereocenters. The van der Waals surface area contributed by atoms with E-state index in [0.717, 1.165) is 36.5 Å². The molecule has 1 unspecified atom stereocenters. The van der Waals surface area contributed by atoms with E-state index in [2.05, 4.69) is 20.8 Å². The second-order valence-corrected chi connectivity index (χ2v) is 8.99. The highest BCUT2D eigenvalue weighted by Gasteiger charge is 2.57. The summed E-state index contributed by atoms with van der Waals surface area (Å²) in [4.78, 5) is 11.8. The minimum absolute atomic E-state index is 0.351. The van der Waals surface area contributed by atoms with Gasteiger partial charge in [-0.15, -0.1) is 0 Å². The lowest BCUT2D eigenvalue weighted by molar-refractivity contribution is -0.117. The highest BCUT2D eigenvalue weighted by Crippen LogP contribution is 2.66. The molecule has 0 aromatic rings. The van der Waals surface area contributed by atoms with Gasteiger partial charge in [0.2, 0.25) is 0 Å². The lowest BCUT2D eigenvalue weighted by Crippen LogP contribution is -2.50. The van der Waals surface area contributed by atoms with Gasteiger partial charge in [-0.25, -0.2) is 0 Å². The molecule has 0 radical (unpaired) electrons. The Morgan fingerprint density at radius 1 is 1.00 bits per heavy atom. The molecule has 3 fully saturated rings. The summed E-state index contributed by atoms with van der Waals surface area (Å²) in [6.07, 6.45) is 12.2. The number of fused-ring (bicyclic) bond motifs is 5. The van der Waals surface area contributed by atoms with E-state index in [0.29, 0.717) is 16.6 Å². The van der Waals surface area contributed by atoms with Gasteiger partial charge in [0.25, 0.3) is 0 Å². The van der Waals surface area contributed by atoms with E-state index in [-0.39, 0.29) is 0 Å². The first-order chi connectivity index (χ1) is 9.95. The van der Waals surface area contributed by atoms with Gasteiger partial charge in [0.15, 0.2) is 5.78 Å². The molecule has 0 spiro atoms. The van der Waals surface area contributed by atoms with Crippen LogP contribution in [0, 0.1) is 34.5 Å². The quantitative estimate of drug-likeness (QED) is 0.601. The van der Waals surface area contributed by atoms with Crippen LogP contribution in [0.25, 0.3) is 0 Å². The molecule has 4 aliphatic rings. The maximum atomic E-state index is 11.8. The van der Waals surface area contributed by atoms with Gasteiger partial charge >= 0.3 is 0 Å². The second kappa shape index (κ2) is 4.46. The molecule has 0 amide bonds. The van der Waals surface area contributed by atoms with Gasteiger partial charge < -0.3 is 0 Å². The minimum atomic E-state index is 0.351. The van der Waals surface area contributed by atoms with Gasteiger partial charge in [0, 0.05) is 6.42 Å². The van der Waals surface area contributed by atoms with E-state index in [4.69, 9.17) is 0 Å². The monoisotopic (exact) mass is 286 g/mol. The number of carbonyl (C=O) groups excluding carboxylic acids is 1. The summed E-state index contributed by atoms with van der Waals surface area (Å²) in [5, 5.41) is 0. The normalized spacial score (nSPS) is 52.7. The molecule has 0 aromatic heterocycles. The van der Waals surface area contributed by atoms with Crippen LogP contribution in [0.5, 0.6) is 0 Å². The number of allylic oxidation sites excluding steroid dienone is 1. The molecular weight excluding hydrogens is 256 g/mol. The van der Waals surface area contributed by atoms with Crippen molar-refractivity contribution in [1.82, 2.24) is 0 Å². The van der Waals surface area contributed by atoms with Crippen LogP contribution in [0.4, 0.5) is 0 Å². The zero-order chi connectivity index (χ0) is 14.8. The first-order valence-corrected chi connectivity index (χ1v) is 9.19. The van der Waals surface area contributed by atoms with Crippen molar-refractivity contribution >= 4 is 5.78 Å². The van der Waals surface area contributed by atoms with Crippen LogP contribution in [0.3, 0.4) is 0 Å². The zero-order valence-electron chi connectivity index (χ0n) is 14.0. The van der Waals surface area contributed by atoms with Crippen molar-refractivity contribution in [2.45, 2.75) is 72.1 Å². The molecular formula is C20H30O. The van der Waals surface area contributed by atoms with Crippen LogP contribution in [0.1, 0.15) is 72.1 Å². The van der Waals surface area contributed by atoms with Gasteiger partial charge in [-0.2, -0.15) is 0 Å². The number of hydrogen-bond donors (Lipinski definition) is 0. The Hall–Kier alpha value is -0.590. The third-order valence-corrected chi connectivity index (χ3v) is 8.44. The van der Waals surface area contributed by atoms with Gasteiger partial charge in [0.1, 0.15) is 0 Å². The summed E-state index contributed by atoms with van der Waals surface area (Å²) in [7, 11) is 0. The fourth-order valence-electron chi connectivity index (χ4n) is 6.82. The van der Waals surface area contributed by atoms with Gasteiger partial charge in [-0.1, -0.05) is 26.3 Å². The van der Waals surface area contributed by atoms with Crippen molar-refractivity contribution in [3.05, 3.63) is 11.6 Å². The van der Waals surface area contributed by atoms with Crippen LogP contribution >= 0.6 is 0 Å². The Morgan fingerprint density at radius 2 is 1.81 bits per heavy atom. The predicted molar refractivity (Wildman–Crippen MR) is 85.9 cm³/mol. The number of hydrogen-bond acceptors (Lipinski definition) is 1. The van der Waals surface area contributed by atoms with Gasteiger partial charge in [0.05, 0.1) is 0 Å². The second-order valence-electron chi connectivity index (χ2n) is 8.99. The Balaban J connectivity index is 1.69. The maximum Gasteiger partial charge on any atom is 0.155 e. The van der Waals surface area contributed by atoms with E-state index < -0.39 is 0 Å². The molecule has 1 nitrogen and oxygen atoms in total. The predicted octanol–water partition coefficient (Wildman–Crippen LogP) is 5.15. The lowest BCUT2D eigenvalue weighted by Gasteiger charge is -2.58. The molecule has 21 heavy (non-hydrogen) atoms. The van der Waals surface area contributed by atoms with Gasteiger partial charge in [-0.05, 0) is 85.5 Å². The molecule has 0 aliphatic heterocycles. The van der Waals surface area contributed by atoms with E-state index in [1.165, 1.54) is 44.1 Å². The number of carbonyl (C=O) groups is 1. The number of rotatable bonds is 0. The van der Waals surface area contributed by atoms with Crippen LogP contribution in [-0.2, 0) is 4.79 Å². The molecule has 4 rings (SSSR count). The highest BCUT2D eigenvalue weighted by atomic mass is 16.1. The fraction of sp³-hybridized carbons (Fsp3) is 0.850. The summed E-state index contributed by atoms with van der Waals surface area (Å²) in [5.41, 5.74) is 2.47. The smallest absolute Gasteiger partial charge is 0.155 e. The summed E-state index contributed by atoms with van der Waals surface area (Å²) < 4.78 is 0. The van der Waals surface area contributed by atoms with E-state index >= 15 is 0 Å². The molecule has 1 heteroatoms. The summed E-state index contributed by atoms with van der Waals surface area (Å²) in [6.45, 7) is 7.57. The SMILES string of the molecule is CC1CC[C@H]2[C@@H]3CCC4=CC(=O)CC[C@]4(C)[C@H]3CC[C@]12C. The average molecular weight is 286 g/mol. The average Bonchev–Trinajstić information content (AvgIpc) is 2.76. The Labute approximate surface area is 129 Å². The van der Waals surface area contributed by atoms with E-state index in [1.807, 2.05) is 6.08 Å². The molecule has 3 saturated carbocycles. The molecule has 0 N–H and O–H groups in total. The van der Waals surface area contributed by atoms with Crippen molar-refractivity contribution in [2.24, 2.45) is 34.5 Å². The fourth-order valence-corrected chi connectivity index (χ4v) is 6.82. The van der Waals surface area contributed by atoms with Crippen LogP contribution in [0.2, 0.25) is 0 Å². The molecule has 0 aromatic carbocycles. The van der Waals surface area contributed by atoms with E-state index in [1.54, 1.807) is 0 Å². The Kier molecular flexibility index (Phi) is 2.98. The third-order valence-electron chi connectivity index (χ3n) is 8.44. The Bertz CT molecular complexity index is 504. The third kappa shape index (κ3) is 1.79. The van der Waals surface area contributed by atoms with Gasteiger partial charge in [-0.3, -0.25) is 4.79 Å². The van der Waals surface area contributed by atoms with Crippen LogP contribution in [-0.4, -0.2) is 5.78 Å². The van der Waals surface area contributed by atoms with Crippen LogP contribution in [0.15, 0.2) is 11.6 Å². The standard InChI is InChI=1S/C20H30O/c1-13-4-7-17-16-6-5-14-12-15(21)8-10-20(14,3)18(16)9-11-19(13,17)2/h12-13,16-18H,4-11H2,1-3H3/t13?,16-,17-,18-,19+,20-/m0/s1. The highest BCUT2D eigenvalue weighted by molar-refractivity contribution is 5.91. The largest absolute Gasteiger partial charge is 0.295 e. The Morgan fingerprint density at radius 3 is 2.62 bits per heavy atom. The van der Waals surface area contributed by atoms with Crippen molar-refractivity contribution < 1.29 is 4.79 Å². The summed E-state index contributed by atoms with van der Waals surface area (Å²) in [5.74, 6) is 4.05. The molecule has 0 heterocycles. The zero-order valence-corrected chi connectivity index (χ0v) is 14.0. The molecule has 0 bridgehead atoms. The molecule has 0 saturated heterocycles.